The predicted molar refractivity (Wildman–Crippen MR) is 64.1 cm³/mol. The molecule has 1 saturated heterocycles. The Kier molecular flexibility index (Phi) is 2.65. The lowest BCUT2D eigenvalue weighted by Crippen LogP contribution is -2.56. The minimum atomic E-state index is -1.03. The molecule has 4 heteroatoms. The van der Waals surface area contributed by atoms with E-state index in [1.54, 1.807) is 4.90 Å². The van der Waals surface area contributed by atoms with Gasteiger partial charge in [-0.3, -0.25) is 9.59 Å². The van der Waals surface area contributed by atoms with Gasteiger partial charge in [-0.25, -0.2) is 0 Å². The molecule has 0 saturated carbocycles. The van der Waals surface area contributed by atoms with Gasteiger partial charge in [0.2, 0.25) is 5.91 Å². The Labute approximate surface area is 99.9 Å². The lowest BCUT2D eigenvalue weighted by Gasteiger charge is -2.38. The van der Waals surface area contributed by atoms with Gasteiger partial charge in [0.25, 0.3) is 0 Å². The molecule has 1 aromatic carbocycles. The zero-order valence-electron chi connectivity index (χ0n) is 10.2. The van der Waals surface area contributed by atoms with Crippen molar-refractivity contribution in [3.8, 4) is 0 Å². The van der Waals surface area contributed by atoms with Gasteiger partial charge < -0.3 is 10.0 Å². The number of aryl methyl sites for hydroxylation is 3. The molecule has 1 unspecified atom stereocenters. The number of carboxylic acids is 1. The first kappa shape index (κ1) is 11.6. The molecule has 1 atom stereocenters. The SMILES string of the molecule is Cc1cc(C)c(N2CC(C(=O)O)C2=O)c(C)c1. The number of carbonyl (C=O) groups excluding carboxylic acids is 1. The van der Waals surface area contributed by atoms with E-state index in [-0.39, 0.29) is 12.5 Å². The molecule has 4 nitrogen and oxygen atoms in total. The molecule has 1 aromatic rings. The Morgan fingerprint density at radius 1 is 1.29 bits per heavy atom. The van der Waals surface area contributed by atoms with Crippen LogP contribution in [-0.2, 0) is 9.59 Å². The summed E-state index contributed by atoms with van der Waals surface area (Å²) in [4.78, 5) is 24.0. The van der Waals surface area contributed by atoms with Crippen LogP contribution in [0.1, 0.15) is 16.7 Å². The van der Waals surface area contributed by atoms with E-state index in [1.807, 2.05) is 32.9 Å². The number of carboxylic acid groups (broad SMARTS) is 1. The number of anilines is 1. The van der Waals surface area contributed by atoms with Crippen LogP contribution in [0.5, 0.6) is 0 Å². The van der Waals surface area contributed by atoms with Gasteiger partial charge in [-0.2, -0.15) is 0 Å². The second-order valence-corrected chi connectivity index (χ2v) is 4.59. The highest BCUT2D eigenvalue weighted by atomic mass is 16.4. The Balaban J connectivity index is 2.32. The first-order valence-electron chi connectivity index (χ1n) is 5.54. The van der Waals surface area contributed by atoms with Crippen molar-refractivity contribution in [1.82, 2.24) is 0 Å². The first-order chi connectivity index (χ1) is 7.91. The van der Waals surface area contributed by atoms with Gasteiger partial charge in [0.15, 0.2) is 5.92 Å². The monoisotopic (exact) mass is 233 g/mol. The van der Waals surface area contributed by atoms with Gasteiger partial charge in [-0.15, -0.1) is 0 Å². The van der Waals surface area contributed by atoms with Crippen LogP contribution < -0.4 is 4.90 Å². The maximum atomic E-state index is 11.7. The minimum Gasteiger partial charge on any atom is -0.481 e. The highest BCUT2D eigenvalue weighted by Crippen LogP contribution is 2.32. The number of carbonyl (C=O) groups is 2. The Hall–Kier alpha value is -1.84. The largest absolute Gasteiger partial charge is 0.481 e. The van der Waals surface area contributed by atoms with Crippen LogP contribution in [-0.4, -0.2) is 23.5 Å². The fourth-order valence-corrected chi connectivity index (χ4v) is 2.41. The summed E-state index contributed by atoms with van der Waals surface area (Å²) in [5.41, 5.74) is 4.03. The van der Waals surface area contributed by atoms with E-state index < -0.39 is 11.9 Å². The summed E-state index contributed by atoms with van der Waals surface area (Å²) in [7, 11) is 0. The van der Waals surface area contributed by atoms with E-state index in [9.17, 15) is 9.59 Å². The van der Waals surface area contributed by atoms with Crippen LogP contribution in [0.25, 0.3) is 0 Å². The third-order valence-electron chi connectivity index (χ3n) is 3.13. The Bertz CT molecular complexity index is 484. The number of rotatable bonds is 2. The fourth-order valence-electron chi connectivity index (χ4n) is 2.41. The van der Waals surface area contributed by atoms with Crippen LogP contribution in [0, 0.1) is 26.7 Å². The van der Waals surface area contributed by atoms with Gasteiger partial charge in [0.05, 0.1) is 0 Å². The number of amides is 1. The van der Waals surface area contributed by atoms with E-state index in [2.05, 4.69) is 0 Å². The number of hydrogen-bond donors (Lipinski definition) is 1. The van der Waals surface area contributed by atoms with E-state index in [1.165, 1.54) is 0 Å². The zero-order valence-corrected chi connectivity index (χ0v) is 10.2. The summed E-state index contributed by atoms with van der Waals surface area (Å²) in [5.74, 6) is -2.21. The lowest BCUT2D eigenvalue weighted by atomic mass is 9.94. The number of nitrogens with zero attached hydrogens (tertiary/aromatic N) is 1. The number of hydrogen-bond acceptors (Lipinski definition) is 2. The topological polar surface area (TPSA) is 57.6 Å². The third-order valence-corrected chi connectivity index (χ3v) is 3.13. The quantitative estimate of drug-likeness (QED) is 0.624. The van der Waals surface area contributed by atoms with Crippen LogP contribution in [0.4, 0.5) is 5.69 Å². The van der Waals surface area contributed by atoms with Crippen molar-refractivity contribution in [2.75, 3.05) is 11.4 Å². The maximum Gasteiger partial charge on any atom is 0.317 e. The fraction of sp³-hybridized carbons (Fsp3) is 0.385. The Morgan fingerprint density at radius 3 is 2.24 bits per heavy atom. The highest BCUT2D eigenvalue weighted by Gasteiger charge is 2.43. The van der Waals surface area contributed by atoms with Crippen LogP contribution in [0.3, 0.4) is 0 Å². The van der Waals surface area contributed by atoms with Gasteiger partial charge in [0, 0.05) is 12.2 Å². The molecule has 90 valence electrons. The summed E-state index contributed by atoms with van der Waals surface area (Å²) >= 11 is 0. The summed E-state index contributed by atoms with van der Waals surface area (Å²) in [6.07, 6.45) is 0. The minimum absolute atomic E-state index is 0.277. The molecule has 1 amide bonds. The molecule has 1 N–H and O–H groups in total. The van der Waals surface area contributed by atoms with Gasteiger partial charge >= 0.3 is 5.97 Å². The summed E-state index contributed by atoms with van der Waals surface area (Å²) in [6, 6.07) is 4.01. The molecule has 1 heterocycles. The standard InChI is InChI=1S/C13H15NO3/c1-7-4-8(2)11(9(3)5-7)14-6-10(12(14)15)13(16)17/h4-5,10H,6H2,1-3H3,(H,16,17). The average Bonchev–Trinajstić information content (AvgIpc) is 2.19. The van der Waals surface area contributed by atoms with E-state index >= 15 is 0 Å². The van der Waals surface area contributed by atoms with Crippen LogP contribution in [0.15, 0.2) is 12.1 Å². The summed E-state index contributed by atoms with van der Waals surface area (Å²) < 4.78 is 0. The summed E-state index contributed by atoms with van der Waals surface area (Å²) in [5, 5.41) is 8.80. The number of aliphatic carboxylic acids is 1. The van der Waals surface area contributed by atoms with Crippen LogP contribution >= 0.6 is 0 Å². The van der Waals surface area contributed by atoms with Crippen molar-refractivity contribution in [3.05, 3.63) is 28.8 Å². The van der Waals surface area contributed by atoms with Crippen molar-refractivity contribution in [2.45, 2.75) is 20.8 Å². The second kappa shape index (κ2) is 3.87. The molecule has 0 bridgehead atoms. The molecule has 17 heavy (non-hydrogen) atoms. The maximum absolute atomic E-state index is 11.7. The highest BCUT2D eigenvalue weighted by molar-refractivity contribution is 6.12. The molecule has 1 aliphatic rings. The number of β-lactam (4-membered cyclic amide) rings is 1. The molecule has 1 fully saturated rings. The van der Waals surface area contributed by atoms with Crippen LogP contribution in [0.2, 0.25) is 0 Å². The van der Waals surface area contributed by atoms with Crippen molar-refractivity contribution in [3.63, 3.8) is 0 Å². The van der Waals surface area contributed by atoms with Gasteiger partial charge in [-0.1, -0.05) is 17.7 Å². The zero-order chi connectivity index (χ0) is 12.7. The average molecular weight is 233 g/mol. The molecule has 0 aliphatic carbocycles. The van der Waals surface area contributed by atoms with Gasteiger partial charge in [0.1, 0.15) is 0 Å². The van der Waals surface area contributed by atoms with E-state index in [0.29, 0.717) is 0 Å². The summed E-state index contributed by atoms with van der Waals surface area (Å²) in [6.45, 7) is 6.16. The lowest BCUT2D eigenvalue weighted by molar-refractivity contribution is -0.149. The van der Waals surface area contributed by atoms with Crippen molar-refractivity contribution in [2.24, 2.45) is 5.92 Å². The number of benzene rings is 1. The van der Waals surface area contributed by atoms with Crippen molar-refractivity contribution in [1.29, 1.82) is 0 Å². The third kappa shape index (κ3) is 1.79. The first-order valence-corrected chi connectivity index (χ1v) is 5.54. The normalized spacial score (nSPS) is 19.1. The second-order valence-electron chi connectivity index (χ2n) is 4.59. The molecule has 1 aliphatic heterocycles. The molecule has 2 rings (SSSR count). The molecular formula is C13H15NO3. The molecule has 0 radical (unpaired) electrons. The molecule has 0 spiro atoms. The van der Waals surface area contributed by atoms with Crippen molar-refractivity contribution >= 4 is 17.6 Å². The molecular weight excluding hydrogens is 218 g/mol. The van der Waals surface area contributed by atoms with E-state index in [0.717, 1.165) is 22.4 Å². The van der Waals surface area contributed by atoms with E-state index in [4.69, 9.17) is 5.11 Å². The van der Waals surface area contributed by atoms with Gasteiger partial charge in [-0.05, 0) is 31.9 Å². The van der Waals surface area contributed by atoms with Crippen molar-refractivity contribution < 1.29 is 14.7 Å². The smallest absolute Gasteiger partial charge is 0.317 e. The Morgan fingerprint density at radius 2 is 1.82 bits per heavy atom. The predicted octanol–water partition coefficient (Wildman–Crippen LogP) is 1.66. The molecule has 0 aromatic heterocycles.